The number of aryl methyl sites for hydroxylation is 1. The maximum absolute atomic E-state index is 13.6. The number of hydrogen-bond donors (Lipinski definition) is 1. The molecule has 216 valence electrons. The number of rotatable bonds is 11. The predicted octanol–water partition coefficient (Wildman–Crippen LogP) is 5.45. The van der Waals surface area contributed by atoms with Crippen LogP contribution >= 0.6 is 11.3 Å². The molecule has 2 aromatic carbocycles. The van der Waals surface area contributed by atoms with Gasteiger partial charge < -0.3 is 24.1 Å². The fourth-order valence-corrected chi connectivity index (χ4v) is 5.47. The normalized spacial score (nSPS) is 16.1. The molecule has 1 aliphatic rings. The zero-order chi connectivity index (χ0) is 29.7. The number of thiazole rings is 1. The Bertz CT molecular complexity index is 1480. The van der Waals surface area contributed by atoms with E-state index in [-0.39, 0.29) is 27.9 Å². The van der Waals surface area contributed by atoms with Crippen molar-refractivity contribution in [2.75, 3.05) is 31.3 Å². The molecule has 0 bridgehead atoms. The number of carbonyl (C=O) groups excluding carboxylic acids is 3. The van der Waals surface area contributed by atoms with Gasteiger partial charge in [-0.1, -0.05) is 17.4 Å². The number of ether oxygens (including phenoxy) is 4. The summed E-state index contributed by atoms with van der Waals surface area (Å²) in [6.07, 6.45) is 0. The quantitative estimate of drug-likeness (QED) is 0.136. The Balaban J connectivity index is 1.92. The molecule has 3 aromatic rings. The lowest BCUT2D eigenvalue weighted by atomic mass is 9.95. The standard InChI is InChI=1S/C30H32N2O8S/c1-6-37-20-13-10-18(11-14-20)25(33)23-24(19-12-15-21(38-7-2)22(16-19)39-8-3)32(28(35)26(23)34)30-31-17(5)27(41-30)29(36)40-9-4/h10-16,24,33H,6-9H2,1-5H3/b25-23+. The highest BCUT2D eigenvalue weighted by atomic mass is 32.1. The monoisotopic (exact) mass is 580 g/mol. The van der Waals surface area contributed by atoms with Crippen molar-refractivity contribution in [3.8, 4) is 17.2 Å². The van der Waals surface area contributed by atoms with Crippen LogP contribution in [0.1, 0.15) is 60.2 Å². The predicted molar refractivity (Wildman–Crippen MR) is 154 cm³/mol. The number of amides is 1. The SMILES string of the molecule is CCOC(=O)c1sc(N2C(=O)C(=O)/C(=C(/O)c3ccc(OCC)cc3)C2c2ccc(OCC)c(OCC)c2)nc1C. The fraction of sp³-hybridized carbons (Fsp3) is 0.333. The molecule has 2 heterocycles. The van der Waals surface area contributed by atoms with Gasteiger partial charge in [0, 0.05) is 5.56 Å². The second-order valence-corrected chi connectivity index (χ2v) is 9.81. The number of esters is 1. The molecule has 1 saturated heterocycles. The molecule has 0 saturated carbocycles. The minimum atomic E-state index is -1.07. The molecule has 1 N–H and O–H groups in total. The van der Waals surface area contributed by atoms with Crippen molar-refractivity contribution in [2.24, 2.45) is 0 Å². The number of carbonyl (C=O) groups is 3. The maximum atomic E-state index is 13.6. The molecule has 1 aromatic heterocycles. The summed E-state index contributed by atoms with van der Waals surface area (Å²) in [7, 11) is 0. The van der Waals surface area contributed by atoms with E-state index in [0.29, 0.717) is 53.9 Å². The first kappa shape index (κ1) is 29.6. The minimum absolute atomic E-state index is 0.121. The molecule has 0 spiro atoms. The maximum Gasteiger partial charge on any atom is 0.350 e. The highest BCUT2D eigenvalue weighted by Crippen LogP contribution is 2.45. The smallest absolute Gasteiger partial charge is 0.350 e. The molecular weight excluding hydrogens is 548 g/mol. The van der Waals surface area contributed by atoms with Gasteiger partial charge in [-0.05, 0) is 76.6 Å². The molecule has 0 radical (unpaired) electrons. The van der Waals surface area contributed by atoms with Gasteiger partial charge in [-0.25, -0.2) is 9.78 Å². The summed E-state index contributed by atoms with van der Waals surface area (Å²) >= 11 is 0.942. The number of aliphatic hydroxyl groups is 1. The van der Waals surface area contributed by atoms with Gasteiger partial charge in [0.25, 0.3) is 5.78 Å². The van der Waals surface area contributed by atoms with E-state index >= 15 is 0 Å². The first-order chi connectivity index (χ1) is 19.7. The Kier molecular flexibility index (Phi) is 9.28. The Hall–Kier alpha value is -4.38. The fourth-order valence-electron chi connectivity index (χ4n) is 4.49. The highest BCUT2D eigenvalue weighted by molar-refractivity contribution is 7.17. The molecule has 1 aliphatic heterocycles. The minimum Gasteiger partial charge on any atom is -0.507 e. The van der Waals surface area contributed by atoms with Crippen molar-refractivity contribution in [1.82, 2.24) is 4.98 Å². The second-order valence-electron chi connectivity index (χ2n) is 8.83. The number of Topliss-reactive ketones (excluding diaryl/α,β-unsaturated/α-hetero) is 1. The summed E-state index contributed by atoms with van der Waals surface area (Å²) in [5.74, 6) is -1.20. The third kappa shape index (κ3) is 5.90. The molecule has 10 nitrogen and oxygen atoms in total. The lowest BCUT2D eigenvalue weighted by molar-refractivity contribution is -0.132. The van der Waals surface area contributed by atoms with Crippen molar-refractivity contribution in [1.29, 1.82) is 0 Å². The number of ketones is 1. The van der Waals surface area contributed by atoms with Crippen molar-refractivity contribution < 1.29 is 38.4 Å². The van der Waals surface area contributed by atoms with Gasteiger partial charge in [-0.2, -0.15) is 0 Å². The van der Waals surface area contributed by atoms with Crippen LogP contribution < -0.4 is 19.1 Å². The van der Waals surface area contributed by atoms with E-state index in [0.717, 1.165) is 11.3 Å². The molecule has 1 unspecified atom stereocenters. The first-order valence-corrected chi connectivity index (χ1v) is 14.1. The van der Waals surface area contributed by atoms with E-state index in [1.807, 2.05) is 20.8 Å². The van der Waals surface area contributed by atoms with E-state index in [9.17, 15) is 19.5 Å². The molecule has 1 amide bonds. The first-order valence-electron chi connectivity index (χ1n) is 13.3. The highest BCUT2D eigenvalue weighted by Gasteiger charge is 2.48. The molecule has 4 rings (SSSR count). The van der Waals surface area contributed by atoms with Crippen LogP contribution in [0.3, 0.4) is 0 Å². The third-order valence-electron chi connectivity index (χ3n) is 6.22. The topological polar surface area (TPSA) is 124 Å². The number of hydrogen-bond acceptors (Lipinski definition) is 10. The number of anilines is 1. The summed E-state index contributed by atoms with van der Waals surface area (Å²) < 4.78 is 22.1. The third-order valence-corrected chi connectivity index (χ3v) is 7.36. The summed E-state index contributed by atoms with van der Waals surface area (Å²) in [5, 5.41) is 11.6. The average molecular weight is 581 g/mol. The van der Waals surface area contributed by atoms with Crippen LogP contribution in [0.15, 0.2) is 48.0 Å². The van der Waals surface area contributed by atoms with E-state index < -0.39 is 23.7 Å². The van der Waals surface area contributed by atoms with Crippen LogP contribution in [0, 0.1) is 6.92 Å². The zero-order valence-electron chi connectivity index (χ0n) is 23.6. The van der Waals surface area contributed by atoms with Crippen molar-refractivity contribution in [3.63, 3.8) is 0 Å². The summed E-state index contributed by atoms with van der Waals surface area (Å²) in [5.41, 5.74) is 1.04. The van der Waals surface area contributed by atoms with Crippen molar-refractivity contribution >= 4 is 39.9 Å². The molecule has 0 aliphatic carbocycles. The van der Waals surface area contributed by atoms with Crippen molar-refractivity contribution in [2.45, 2.75) is 40.7 Å². The summed E-state index contributed by atoms with van der Waals surface area (Å²) in [6, 6.07) is 10.6. The van der Waals surface area contributed by atoms with Gasteiger partial charge in [0.2, 0.25) is 0 Å². The van der Waals surface area contributed by atoms with Gasteiger partial charge in [0.1, 0.15) is 16.4 Å². The van der Waals surface area contributed by atoms with Crippen molar-refractivity contribution in [3.05, 3.63) is 69.7 Å². The van der Waals surface area contributed by atoms with Gasteiger partial charge in [0.05, 0.1) is 43.7 Å². The van der Waals surface area contributed by atoms with Crippen LogP contribution in [0.25, 0.3) is 5.76 Å². The second kappa shape index (κ2) is 12.9. The summed E-state index contributed by atoms with van der Waals surface area (Å²) in [6.45, 7) is 10.3. The Morgan fingerprint density at radius 2 is 1.59 bits per heavy atom. The number of benzene rings is 2. The summed E-state index contributed by atoms with van der Waals surface area (Å²) in [4.78, 5) is 45.5. The van der Waals surface area contributed by atoms with Crippen LogP contribution in [-0.4, -0.2) is 54.2 Å². The van der Waals surface area contributed by atoms with Crippen LogP contribution in [0.2, 0.25) is 0 Å². The van der Waals surface area contributed by atoms with Gasteiger partial charge >= 0.3 is 11.9 Å². The molecule has 1 fully saturated rings. The molecular formula is C30H32N2O8S. The lowest BCUT2D eigenvalue weighted by Gasteiger charge is -2.24. The zero-order valence-corrected chi connectivity index (χ0v) is 24.4. The molecule has 1 atom stereocenters. The van der Waals surface area contributed by atoms with Crippen LogP contribution in [-0.2, 0) is 14.3 Å². The van der Waals surface area contributed by atoms with Gasteiger partial charge in [0.15, 0.2) is 16.6 Å². The number of nitrogens with zero attached hydrogens (tertiary/aromatic N) is 2. The average Bonchev–Trinajstić information content (AvgIpc) is 3.46. The van der Waals surface area contributed by atoms with E-state index in [4.69, 9.17) is 18.9 Å². The van der Waals surface area contributed by atoms with Gasteiger partial charge in [-0.15, -0.1) is 0 Å². The van der Waals surface area contributed by atoms with E-state index in [1.54, 1.807) is 56.3 Å². The van der Waals surface area contributed by atoms with Crippen LogP contribution in [0.5, 0.6) is 17.2 Å². The van der Waals surface area contributed by atoms with Gasteiger partial charge in [-0.3, -0.25) is 14.5 Å². The molecule has 41 heavy (non-hydrogen) atoms. The Morgan fingerprint density at radius 3 is 2.22 bits per heavy atom. The van der Waals surface area contributed by atoms with E-state index in [2.05, 4.69) is 4.98 Å². The molecule has 11 heteroatoms. The Labute approximate surface area is 242 Å². The lowest BCUT2D eigenvalue weighted by Crippen LogP contribution is -2.29. The van der Waals surface area contributed by atoms with E-state index in [1.165, 1.54) is 4.90 Å². The van der Waals surface area contributed by atoms with Crippen LogP contribution in [0.4, 0.5) is 5.13 Å². The largest absolute Gasteiger partial charge is 0.507 e. The Morgan fingerprint density at radius 1 is 0.927 bits per heavy atom. The number of aromatic nitrogens is 1. The number of aliphatic hydroxyl groups excluding tert-OH is 1.